The molecular weight excluding hydrogens is 228 g/mol. The van der Waals surface area contributed by atoms with Gasteiger partial charge in [-0.05, 0) is 37.5 Å². The molecule has 0 N–H and O–H groups in total. The Bertz CT molecular complexity index is 504. The maximum absolute atomic E-state index is 11.0. The second-order valence-corrected chi connectivity index (χ2v) is 4.39. The Morgan fingerprint density at radius 1 is 1.44 bits per heavy atom. The van der Waals surface area contributed by atoms with Gasteiger partial charge in [0.1, 0.15) is 5.75 Å². The molecule has 0 saturated heterocycles. The molecule has 0 aromatic heterocycles. The summed E-state index contributed by atoms with van der Waals surface area (Å²) in [4.78, 5) is 11.0. The number of methoxy groups -OCH3 is 1. The largest absolute Gasteiger partial charge is 0.482 e. The second-order valence-electron chi connectivity index (χ2n) is 4.39. The van der Waals surface area contributed by atoms with E-state index in [1.165, 1.54) is 20.0 Å². The van der Waals surface area contributed by atoms with Crippen LogP contribution in [0.3, 0.4) is 0 Å². The van der Waals surface area contributed by atoms with Crippen LogP contribution < -0.4 is 4.74 Å². The van der Waals surface area contributed by atoms with E-state index in [2.05, 4.69) is 16.6 Å². The molecule has 1 fully saturated rings. The summed E-state index contributed by atoms with van der Waals surface area (Å²) in [5.41, 5.74) is 1.91. The minimum atomic E-state index is -0.385. The minimum absolute atomic E-state index is 0.0726. The molecule has 0 radical (unpaired) electrons. The van der Waals surface area contributed by atoms with Gasteiger partial charge in [0, 0.05) is 11.5 Å². The van der Waals surface area contributed by atoms with Crippen molar-refractivity contribution in [1.29, 1.82) is 0 Å². The van der Waals surface area contributed by atoms with Crippen LogP contribution in [0.15, 0.2) is 18.2 Å². The van der Waals surface area contributed by atoms with Crippen LogP contribution in [-0.4, -0.2) is 19.7 Å². The van der Waals surface area contributed by atoms with Gasteiger partial charge in [0.05, 0.1) is 7.11 Å². The molecule has 94 valence electrons. The second kappa shape index (κ2) is 5.59. The first kappa shape index (κ1) is 12.5. The lowest BCUT2D eigenvalue weighted by Gasteiger charge is -2.08. The highest BCUT2D eigenvalue weighted by Gasteiger charge is 2.17. The maximum Gasteiger partial charge on any atom is 0.343 e. The van der Waals surface area contributed by atoms with Gasteiger partial charge in [-0.25, -0.2) is 4.79 Å². The fourth-order valence-corrected chi connectivity index (χ4v) is 1.44. The number of ether oxygens (including phenoxy) is 2. The summed E-state index contributed by atoms with van der Waals surface area (Å²) in [5.74, 6) is 7.20. The zero-order valence-corrected chi connectivity index (χ0v) is 10.7. The summed E-state index contributed by atoms with van der Waals surface area (Å²) in [7, 11) is 1.34. The lowest BCUT2D eigenvalue weighted by molar-refractivity contribution is -0.142. The van der Waals surface area contributed by atoms with Crippen LogP contribution in [0, 0.1) is 24.7 Å². The van der Waals surface area contributed by atoms with Gasteiger partial charge < -0.3 is 9.47 Å². The Kier molecular flexibility index (Phi) is 3.88. The van der Waals surface area contributed by atoms with Gasteiger partial charge in [-0.2, -0.15) is 0 Å². The van der Waals surface area contributed by atoms with Crippen molar-refractivity contribution in [2.75, 3.05) is 13.7 Å². The zero-order valence-electron chi connectivity index (χ0n) is 10.7. The van der Waals surface area contributed by atoms with Gasteiger partial charge >= 0.3 is 5.97 Å². The number of hydrogen-bond donors (Lipinski definition) is 0. The van der Waals surface area contributed by atoms with E-state index < -0.39 is 0 Å². The number of esters is 1. The van der Waals surface area contributed by atoms with Crippen molar-refractivity contribution in [1.82, 2.24) is 0 Å². The first-order chi connectivity index (χ1) is 8.69. The van der Waals surface area contributed by atoms with E-state index in [0.29, 0.717) is 11.7 Å². The molecule has 2 rings (SSSR count). The van der Waals surface area contributed by atoms with Crippen molar-refractivity contribution in [3.63, 3.8) is 0 Å². The highest BCUT2D eigenvalue weighted by molar-refractivity contribution is 5.71. The quantitative estimate of drug-likeness (QED) is 0.604. The van der Waals surface area contributed by atoms with Crippen molar-refractivity contribution in [2.45, 2.75) is 19.8 Å². The van der Waals surface area contributed by atoms with Crippen molar-refractivity contribution in [2.24, 2.45) is 5.92 Å². The Balaban J connectivity index is 2.06. The van der Waals surface area contributed by atoms with Crippen LogP contribution in [0.5, 0.6) is 5.75 Å². The van der Waals surface area contributed by atoms with Crippen LogP contribution in [0.4, 0.5) is 0 Å². The van der Waals surface area contributed by atoms with E-state index in [9.17, 15) is 4.79 Å². The number of carbonyl (C=O) groups excluding carboxylic acids is 1. The number of carbonyl (C=O) groups is 1. The minimum Gasteiger partial charge on any atom is -0.482 e. The van der Waals surface area contributed by atoms with Gasteiger partial charge in [0.25, 0.3) is 0 Å². The van der Waals surface area contributed by atoms with Crippen LogP contribution in [0.1, 0.15) is 24.0 Å². The molecule has 1 aliphatic carbocycles. The monoisotopic (exact) mass is 244 g/mol. The molecule has 1 aliphatic rings. The summed E-state index contributed by atoms with van der Waals surface area (Å²) in [5, 5.41) is 0. The number of aryl methyl sites for hydroxylation is 1. The molecule has 1 aromatic carbocycles. The van der Waals surface area contributed by atoms with Gasteiger partial charge in [-0.3, -0.25) is 0 Å². The highest BCUT2D eigenvalue weighted by atomic mass is 16.6. The van der Waals surface area contributed by atoms with E-state index in [1.807, 2.05) is 25.1 Å². The van der Waals surface area contributed by atoms with Crippen LogP contribution in [0.25, 0.3) is 0 Å². The van der Waals surface area contributed by atoms with Crippen molar-refractivity contribution in [3.05, 3.63) is 29.3 Å². The molecule has 18 heavy (non-hydrogen) atoms. The topological polar surface area (TPSA) is 35.5 Å². The summed E-state index contributed by atoms with van der Waals surface area (Å²) in [6.07, 6.45) is 2.43. The van der Waals surface area contributed by atoms with E-state index in [1.54, 1.807) is 0 Å². The lowest BCUT2D eigenvalue weighted by atomic mass is 10.1. The van der Waals surface area contributed by atoms with E-state index in [4.69, 9.17) is 4.74 Å². The predicted molar refractivity (Wildman–Crippen MR) is 68.3 cm³/mol. The van der Waals surface area contributed by atoms with E-state index >= 15 is 0 Å². The molecular formula is C15H16O3. The Hall–Kier alpha value is -1.95. The molecule has 1 saturated carbocycles. The lowest BCUT2D eigenvalue weighted by Crippen LogP contribution is -2.13. The average Bonchev–Trinajstić information content (AvgIpc) is 3.19. The van der Waals surface area contributed by atoms with E-state index in [0.717, 1.165) is 11.1 Å². The van der Waals surface area contributed by atoms with Crippen LogP contribution >= 0.6 is 0 Å². The fraction of sp³-hybridized carbons (Fsp3) is 0.400. The van der Waals surface area contributed by atoms with Gasteiger partial charge in [-0.15, -0.1) is 0 Å². The molecule has 0 spiro atoms. The highest BCUT2D eigenvalue weighted by Crippen LogP contribution is 2.28. The maximum atomic E-state index is 11.0. The molecule has 0 aliphatic heterocycles. The predicted octanol–water partition coefficient (Wildman–Crippen LogP) is 2.31. The van der Waals surface area contributed by atoms with Crippen LogP contribution in [0.2, 0.25) is 0 Å². The van der Waals surface area contributed by atoms with Crippen LogP contribution in [-0.2, 0) is 9.53 Å². The van der Waals surface area contributed by atoms with Gasteiger partial charge in [0.15, 0.2) is 6.61 Å². The molecule has 3 nitrogen and oxygen atoms in total. The van der Waals surface area contributed by atoms with Gasteiger partial charge in [-0.1, -0.05) is 17.9 Å². The molecule has 0 amide bonds. The summed E-state index contributed by atoms with van der Waals surface area (Å²) in [6.45, 7) is 1.86. The first-order valence-corrected chi connectivity index (χ1v) is 6.01. The van der Waals surface area contributed by atoms with E-state index in [-0.39, 0.29) is 12.6 Å². The average molecular weight is 244 g/mol. The Morgan fingerprint density at radius 2 is 2.22 bits per heavy atom. The summed E-state index contributed by atoms with van der Waals surface area (Å²) >= 11 is 0. The number of rotatable bonds is 3. The molecule has 0 heterocycles. The first-order valence-electron chi connectivity index (χ1n) is 6.01. The third-order valence-electron chi connectivity index (χ3n) is 2.76. The number of hydrogen-bond acceptors (Lipinski definition) is 3. The Morgan fingerprint density at radius 3 is 2.89 bits per heavy atom. The molecule has 0 unspecified atom stereocenters. The third kappa shape index (κ3) is 3.53. The van der Waals surface area contributed by atoms with Crippen molar-refractivity contribution in [3.8, 4) is 17.6 Å². The number of benzene rings is 1. The molecule has 0 atom stereocenters. The molecule has 3 heteroatoms. The summed E-state index contributed by atoms with van der Waals surface area (Å²) < 4.78 is 9.95. The fourth-order valence-electron chi connectivity index (χ4n) is 1.44. The zero-order chi connectivity index (χ0) is 13.0. The van der Waals surface area contributed by atoms with Crippen molar-refractivity contribution >= 4 is 5.97 Å². The van der Waals surface area contributed by atoms with Crippen molar-refractivity contribution < 1.29 is 14.3 Å². The van der Waals surface area contributed by atoms with Gasteiger partial charge in [0.2, 0.25) is 0 Å². The molecule has 1 aromatic rings. The normalized spacial score (nSPS) is 13.4. The smallest absolute Gasteiger partial charge is 0.343 e. The molecule has 0 bridgehead atoms. The standard InChI is InChI=1S/C15H16O3/c1-11-3-4-13(8-7-12-5-6-12)9-14(11)18-10-15(16)17-2/h3-4,9,12H,5-6,10H2,1-2H3. The third-order valence-corrected chi connectivity index (χ3v) is 2.76. The Labute approximate surface area is 107 Å². The SMILES string of the molecule is COC(=O)COc1cc(C#CC2CC2)ccc1C. The summed E-state index contributed by atoms with van der Waals surface area (Å²) in [6, 6.07) is 5.78.